The topological polar surface area (TPSA) is 148 Å². The maximum Gasteiger partial charge on any atom is 0.321 e. The van der Waals surface area contributed by atoms with Gasteiger partial charge < -0.3 is 25.7 Å². The molecule has 1 aliphatic rings. The summed E-state index contributed by atoms with van der Waals surface area (Å²) in [4.78, 5) is 33.9. The third-order valence-corrected chi connectivity index (χ3v) is 7.03. The van der Waals surface area contributed by atoms with Crippen LogP contribution in [0, 0.1) is 5.41 Å². The van der Waals surface area contributed by atoms with Gasteiger partial charge in [0.15, 0.2) is 0 Å². The quantitative estimate of drug-likeness (QED) is 0.185. The van der Waals surface area contributed by atoms with E-state index in [0.29, 0.717) is 36.5 Å². The second-order valence-corrected chi connectivity index (χ2v) is 9.75. The summed E-state index contributed by atoms with van der Waals surface area (Å²) in [7, 11) is 0. The van der Waals surface area contributed by atoms with E-state index in [1.807, 2.05) is 59.2 Å². The highest BCUT2D eigenvalue weighted by atomic mass is 16.5. The second-order valence-electron chi connectivity index (χ2n) is 9.75. The largest absolute Gasteiger partial charge is 0.424 e. The Labute approximate surface area is 229 Å². The van der Waals surface area contributed by atoms with Gasteiger partial charge in [-0.2, -0.15) is 0 Å². The fourth-order valence-corrected chi connectivity index (χ4v) is 5.11. The number of rotatable bonds is 7. The van der Waals surface area contributed by atoms with Crippen molar-refractivity contribution in [1.29, 1.82) is 5.41 Å². The lowest BCUT2D eigenvalue weighted by molar-refractivity contribution is -0.122. The zero-order valence-corrected chi connectivity index (χ0v) is 21.6. The average molecular weight is 534 g/mol. The molecule has 10 heteroatoms. The van der Waals surface area contributed by atoms with Crippen LogP contribution in [-0.4, -0.2) is 44.8 Å². The van der Waals surface area contributed by atoms with Gasteiger partial charge in [-0.3, -0.25) is 15.0 Å². The van der Waals surface area contributed by atoms with Crippen LogP contribution < -0.4 is 21.1 Å². The molecule has 5 aromatic rings. The van der Waals surface area contributed by atoms with Gasteiger partial charge in [-0.15, -0.1) is 0 Å². The van der Waals surface area contributed by atoms with Crippen LogP contribution in [0.2, 0.25) is 0 Å². The fourth-order valence-electron chi connectivity index (χ4n) is 5.11. The minimum Gasteiger partial charge on any atom is -0.424 e. The monoisotopic (exact) mass is 533 g/mol. The van der Waals surface area contributed by atoms with Crippen LogP contribution in [-0.2, 0) is 11.3 Å². The Morgan fingerprint density at radius 1 is 1.07 bits per heavy atom. The number of hydrogen-bond donors (Lipinski definition) is 4. The Morgan fingerprint density at radius 3 is 2.70 bits per heavy atom. The lowest BCUT2D eigenvalue weighted by Gasteiger charge is -2.23. The molecule has 1 aliphatic heterocycles. The number of nitrogen functional groups attached to an aromatic ring is 1. The first-order valence-electron chi connectivity index (χ1n) is 13.0. The van der Waals surface area contributed by atoms with E-state index in [4.69, 9.17) is 15.9 Å². The molecule has 10 nitrogen and oxygen atoms in total. The molecule has 2 aromatic heterocycles. The van der Waals surface area contributed by atoms with E-state index in [1.165, 1.54) is 0 Å². The Morgan fingerprint density at radius 2 is 1.90 bits per heavy atom. The number of ether oxygens (including phenoxy) is 1. The van der Waals surface area contributed by atoms with Gasteiger partial charge in [-0.05, 0) is 53.1 Å². The van der Waals surface area contributed by atoms with Crippen molar-refractivity contribution in [1.82, 2.24) is 25.2 Å². The molecule has 0 radical (unpaired) electrons. The average Bonchev–Trinajstić information content (AvgIpc) is 3.31. The smallest absolute Gasteiger partial charge is 0.321 e. The number of nitrogens with two attached hydrogens (primary N) is 1. The molecule has 1 unspecified atom stereocenters. The highest BCUT2D eigenvalue weighted by molar-refractivity contribution is 6.02. The summed E-state index contributed by atoms with van der Waals surface area (Å²) in [5.74, 6) is 0.168. The number of nitrogens with zero attached hydrogens (tertiary/aromatic N) is 3. The zero-order valence-electron chi connectivity index (χ0n) is 21.6. The summed E-state index contributed by atoms with van der Waals surface area (Å²) in [6, 6.07) is 20.8. The van der Waals surface area contributed by atoms with Crippen molar-refractivity contribution in [3.05, 3.63) is 95.9 Å². The molecule has 3 heterocycles. The maximum atomic E-state index is 13.6. The van der Waals surface area contributed by atoms with Crippen LogP contribution in [0.4, 0.5) is 0 Å². The minimum atomic E-state index is -0.269. The molecule has 6 rings (SSSR count). The zero-order chi connectivity index (χ0) is 27.6. The lowest BCUT2D eigenvalue weighted by atomic mass is 10.0. The van der Waals surface area contributed by atoms with E-state index in [-0.39, 0.29) is 36.1 Å². The SMILES string of the molecule is N=C(N)c1ccc2cc(C(=O)NC3CCNC(=O)C3)n(Cc3cc(Oc4ncccn4)cc4ccccc34)c2c1. The van der Waals surface area contributed by atoms with Crippen LogP contribution in [0.25, 0.3) is 21.7 Å². The molecule has 1 fully saturated rings. The van der Waals surface area contributed by atoms with Crippen LogP contribution in [0.3, 0.4) is 0 Å². The van der Waals surface area contributed by atoms with Crippen molar-refractivity contribution in [3.63, 3.8) is 0 Å². The van der Waals surface area contributed by atoms with Crippen molar-refractivity contribution in [2.75, 3.05) is 6.54 Å². The number of benzene rings is 3. The highest BCUT2D eigenvalue weighted by Crippen LogP contribution is 2.30. The predicted molar refractivity (Wildman–Crippen MR) is 152 cm³/mol. The molecular formula is C30H27N7O3. The first-order chi connectivity index (χ1) is 19.4. The van der Waals surface area contributed by atoms with Crippen LogP contribution in [0.1, 0.15) is 34.5 Å². The summed E-state index contributed by atoms with van der Waals surface area (Å²) < 4.78 is 7.90. The van der Waals surface area contributed by atoms with Crippen LogP contribution in [0.15, 0.2) is 79.1 Å². The van der Waals surface area contributed by atoms with Gasteiger partial charge in [-0.25, -0.2) is 9.97 Å². The molecule has 0 bridgehead atoms. The van der Waals surface area contributed by atoms with E-state index in [2.05, 4.69) is 20.6 Å². The van der Waals surface area contributed by atoms with Gasteiger partial charge in [0.25, 0.3) is 5.91 Å². The van der Waals surface area contributed by atoms with Crippen LogP contribution >= 0.6 is 0 Å². The van der Waals surface area contributed by atoms with Crippen molar-refractivity contribution < 1.29 is 14.3 Å². The van der Waals surface area contributed by atoms with Gasteiger partial charge >= 0.3 is 6.01 Å². The number of carbonyl (C=O) groups excluding carboxylic acids is 2. The summed E-state index contributed by atoms with van der Waals surface area (Å²) in [5, 5.41) is 16.6. The van der Waals surface area contributed by atoms with E-state index >= 15 is 0 Å². The summed E-state index contributed by atoms with van der Waals surface area (Å²) in [6.07, 6.45) is 4.14. The molecular weight excluding hydrogens is 506 g/mol. The predicted octanol–water partition coefficient (Wildman–Crippen LogP) is 3.72. The number of carbonyl (C=O) groups is 2. The number of fused-ring (bicyclic) bond motifs is 2. The van der Waals surface area contributed by atoms with Gasteiger partial charge in [0.2, 0.25) is 5.91 Å². The highest BCUT2D eigenvalue weighted by Gasteiger charge is 2.24. The molecule has 40 heavy (non-hydrogen) atoms. The van der Waals surface area contributed by atoms with E-state index in [9.17, 15) is 9.59 Å². The number of piperidine rings is 1. The number of aromatic nitrogens is 3. The molecule has 5 N–H and O–H groups in total. The maximum absolute atomic E-state index is 13.6. The van der Waals surface area contributed by atoms with E-state index in [0.717, 1.165) is 27.2 Å². The van der Waals surface area contributed by atoms with Crippen LogP contribution in [0.5, 0.6) is 11.8 Å². The van der Waals surface area contributed by atoms with Crippen molar-refractivity contribution in [2.45, 2.75) is 25.4 Å². The van der Waals surface area contributed by atoms with Gasteiger partial charge in [0, 0.05) is 54.4 Å². The molecule has 3 aromatic carbocycles. The number of amidine groups is 1. The van der Waals surface area contributed by atoms with Gasteiger partial charge in [0.05, 0.1) is 0 Å². The molecule has 1 atom stereocenters. The minimum absolute atomic E-state index is 0.0578. The first-order valence-corrected chi connectivity index (χ1v) is 13.0. The van der Waals surface area contributed by atoms with Crippen molar-refractivity contribution >= 4 is 39.3 Å². The summed E-state index contributed by atoms with van der Waals surface area (Å²) >= 11 is 0. The molecule has 0 saturated carbocycles. The molecule has 1 saturated heterocycles. The summed E-state index contributed by atoms with van der Waals surface area (Å²) in [5.41, 5.74) is 8.50. The van der Waals surface area contributed by atoms with E-state index in [1.54, 1.807) is 24.5 Å². The molecule has 0 aliphatic carbocycles. The number of nitrogens with one attached hydrogen (secondary N) is 3. The number of hydrogen-bond acceptors (Lipinski definition) is 6. The van der Waals surface area contributed by atoms with Crippen molar-refractivity contribution in [2.24, 2.45) is 5.73 Å². The Bertz CT molecular complexity index is 1760. The Kier molecular flexibility index (Phi) is 6.57. The molecule has 0 spiro atoms. The third kappa shape index (κ3) is 5.06. The first kappa shape index (κ1) is 25.1. The lowest BCUT2D eigenvalue weighted by Crippen LogP contribution is -2.45. The third-order valence-electron chi connectivity index (χ3n) is 7.03. The normalized spacial score (nSPS) is 15.1. The Balaban J connectivity index is 1.44. The molecule has 200 valence electrons. The number of amides is 2. The standard InChI is InChI=1S/C30H27N7O3/c31-28(32)20-7-6-19-14-26(29(39)36-22-8-11-33-27(38)16-22)37(25(19)15-20)17-21-13-23(40-30-34-9-3-10-35-30)12-18-4-1-2-5-24(18)21/h1-7,9-10,12-15,22H,8,11,16-17H2,(H3,31,32)(H,33,38)(H,36,39). The Hall–Kier alpha value is -5.25. The molecule has 2 amide bonds. The van der Waals surface area contributed by atoms with E-state index < -0.39 is 0 Å². The second kappa shape index (κ2) is 10.5. The van der Waals surface area contributed by atoms with Crippen molar-refractivity contribution in [3.8, 4) is 11.8 Å². The van der Waals surface area contributed by atoms with Gasteiger partial charge in [0.1, 0.15) is 17.3 Å². The van der Waals surface area contributed by atoms with Gasteiger partial charge in [-0.1, -0.05) is 36.4 Å². The summed E-state index contributed by atoms with van der Waals surface area (Å²) in [6.45, 7) is 0.866. The fraction of sp³-hybridized carbons (Fsp3) is 0.167.